The molecule has 0 aliphatic carbocycles. The van der Waals surface area contributed by atoms with E-state index in [2.05, 4.69) is 0 Å². The van der Waals surface area contributed by atoms with E-state index in [0.29, 0.717) is 6.54 Å². The number of piperazine rings is 1. The van der Waals surface area contributed by atoms with Crippen LogP contribution in [0.3, 0.4) is 0 Å². The van der Waals surface area contributed by atoms with Gasteiger partial charge in [-0.15, -0.1) is 0 Å². The van der Waals surface area contributed by atoms with Gasteiger partial charge in [-0.25, -0.2) is 4.79 Å². The van der Waals surface area contributed by atoms with Crippen LogP contribution in [0.4, 0.5) is 4.79 Å². The van der Waals surface area contributed by atoms with Gasteiger partial charge in [0.15, 0.2) is 0 Å². The number of hydrogen-bond donors (Lipinski definition) is 0. The zero-order chi connectivity index (χ0) is 16.7. The Kier molecular flexibility index (Phi) is 5.96. The second-order valence-corrected chi connectivity index (χ2v) is 5.08. The SMILES string of the molecule is CCOC(=O)CN1CCN(C(=O)OCc2ccccc2)CC1=O. The molecule has 7 heteroatoms. The van der Waals surface area contributed by atoms with Crippen molar-refractivity contribution >= 4 is 18.0 Å². The van der Waals surface area contributed by atoms with Crippen molar-refractivity contribution < 1.29 is 23.9 Å². The van der Waals surface area contributed by atoms with E-state index < -0.39 is 12.1 Å². The maximum Gasteiger partial charge on any atom is 0.410 e. The minimum absolute atomic E-state index is 0.0838. The van der Waals surface area contributed by atoms with Gasteiger partial charge in [-0.3, -0.25) is 14.5 Å². The number of carbonyl (C=O) groups is 3. The molecule has 0 unspecified atom stereocenters. The van der Waals surface area contributed by atoms with Crippen molar-refractivity contribution in [2.45, 2.75) is 13.5 Å². The van der Waals surface area contributed by atoms with Gasteiger partial charge in [-0.2, -0.15) is 0 Å². The summed E-state index contributed by atoms with van der Waals surface area (Å²) >= 11 is 0. The Morgan fingerprint density at radius 1 is 1.13 bits per heavy atom. The molecule has 1 aromatic rings. The van der Waals surface area contributed by atoms with Crippen LogP contribution < -0.4 is 0 Å². The number of esters is 1. The van der Waals surface area contributed by atoms with Crippen molar-refractivity contribution in [2.24, 2.45) is 0 Å². The van der Waals surface area contributed by atoms with Gasteiger partial charge in [-0.05, 0) is 12.5 Å². The third kappa shape index (κ3) is 4.98. The molecular formula is C16H20N2O5. The zero-order valence-electron chi connectivity index (χ0n) is 13.1. The van der Waals surface area contributed by atoms with E-state index in [1.54, 1.807) is 6.92 Å². The molecule has 7 nitrogen and oxygen atoms in total. The molecule has 1 aromatic carbocycles. The Morgan fingerprint density at radius 3 is 2.52 bits per heavy atom. The van der Waals surface area contributed by atoms with E-state index in [1.807, 2.05) is 30.3 Å². The molecule has 1 aliphatic heterocycles. The normalized spacial score (nSPS) is 14.6. The van der Waals surface area contributed by atoms with Gasteiger partial charge in [0, 0.05) is 13.1 Å². The van der Waals surface area contributed by atoms with Crippen molar-refractivity contribution in [1.29, 1.82) is 0 Å². The van der Waals surface area contributed by atoms with Gasteiger partial charge in [0.05, 0.1) is 6.61 Å². The van der Waals surface area contributed by atoms with Crippen molar-refractivity contribution in [3.05, 3.63) is 35.9 Å². The molecule has 0 radical (unpaired) electrons. The average molecular weight is 320 g/mol. The predicted octanol–water partition coefficient (Wildman–Crippen LogP) is 1.03. The Hall–Kier alpha value is -2.57. The standard InChI is InChI=1S/C16H20N2O5/c1-2-22-15(20)11-17-8-9-18(10-14(17)19)16(21)23-12-13-6-4-3-5-7-13/h3-7H,2,8-12H2,1H3. The van der Waals surface area contributed by atoms with Crippen LogP contribution in [0.25, 0.3) is 0 Å². The van der Waals surface area contributed by atoms with Crippen LogP contribution in [0.15, 0.2) is 30.3 Å². The van der Waals surface area contributed by atoms with Crippen molar-refractivity contribution in [3.8, 4) is 0 Å². The molecule has 0 aromatic heterocycles. The maximum absolute atomic E-state index is 12.0. The lowest BCUT2D eigenvalue weighted by atomic mass is 10.2. The number of carbonyl (C=O) groups excluding carboxylic acids is 3. The summed E-state index contributed by atoms with van der Waals surface area (Å²) in [4.78, 5) is 38.1. The summed E-state index contributed by atoms with van der Waals surface area (Å²) in [6.07, 6.45) is -0.530. The van der Waals surface area contributed by atoms with Crippen LogP contribution in [-0.2, 0) is 25.7 Å². The third-order valence-corrected chi connectivity index (χ3v) is 3.41. The van der Waals surface area contributed by atoms with Gasteiger partial charge in [0.1, 0.15) is 19.7 Å². The predicted molar refractivity (Wildman–Crippen MR) is 81.4 cm³/mol. The summed E-state index contributed by atoms with van der Waals surface area (Å²) in [5.41, 5.74) is 0.883. The average Bonchev–Trinajstić information content (AvgIpc) is 2.55. The number of ether oxygens (including phenoxy) is 2. The Bertz CT molecular complexity index is 561. The summed E-state index contributed by atoms with van der Waals surface area (Å²) in [6.45, 7) is 2.60. The first-order valence-electron chi connectivity index (χ1n) is 7.49. The highest BCUT2D eigenvalue weighted by molar-refractivity contribution is 5.86. The van der Waals surface area contributed by atoms with Crippen LogP contribution >= 0.6 is 0 Å². The largest absolute Gasteiger partial charge is 0.465 e. The molecule has 0 N–H and O–H groups in total. The Labute approximate surface area is 134 Å². The van der Waals surface area contributed by atoms with Crippen LogP contribution in [0, 0.1) is 0 Å². The first-order valence-corrected chi connectivity index (χ1v) is 7.49. The Balaban J connectivity index is 1.79. The van der Waals surface area contributed by atoms with Gasteiger partial charge in [-0.1, -0.05) is 30.3 Å². The lowest BCUT2D eigenvalue weighted by molar-refractivity contribution is -0.150. The number of hydrogen-bond acceptors (Lipinski definition) is 5. The highest BCUT2D eigenvalue weighted by Gasteiger charge is 2.29. The fourth-order valence-electron chi connectivity index (χ4n) is 2.20. The van der Waals surface area contributed by atoms with E-state index in [0.717, 1.165) is 5.56 Å². The lowest BCUT2D eigenvalue weighted by Gasteiger charge is -2.33. The highest BCUT2D eigenvalue weighted by atomic mass is 16.6. The maximum atomic E-state index is 12.0. The van der Waals surface area contributed by atoms with Gasteiger partial charge >= 0.3 is 12.1 Å². The van der Waals surface area contributed by atoms with Gasteiger partial charge < -0.3 is 14.4 Å². The summed E-state index contributed by atoms with van der Waals surface area (Å²) in [5.74, 6) is -0.734. The molecule has 124 valence electrons. The molecule has 1 fully saturated rings. The van der Waals surface area contributed by atoms with E-state index in [9.17, 15) is 14.4 Å². The van der Waals surface area contributed by atoms with Crippen molar-refractivity contribution in [3.63, 3.8) is 0 Å². The van der Waals surface area contributed by atoms with E-state index >= 15 is 0 Å². The van der Waals surface area contributed by atoms with Crippen molar-refractivity contribution in [2.75, 3.05) is 32.8 Å². The highest BCUT2D eigenvalue weighted by Crippen LogP contribution is 2.08. The summed E-state index contributed by atoms with van der Waals surface area (Å²) in [6, 6.07) is 9.32. The van der Waals surface area contributed by atoms with Crippen molar-refractivity contribution in [1.82, 2.24) is 9.80 Å². The molecule has 0 saturated carbocycles. The summed E-state index contributed by atoms with van der Waals surface area (Å²) < 4.78 is 10.0. The molecule has 1 aliphatic rings. The fourth-order valence-corrected chi connectivity index (χ4v) is 2.20. The van der Waals surface area contributed by atoms with Gasteiger partial charge in [0.2, 0.25) is 5.91 Å². The molecule has 1 heterocycles. The first-order chi connectivity index (χ1) is 11.1. The molecule has 0 atom stereocenters. The summed E-state index contributed by atoms with van der Waals surface area (Å²) in [5, 5.41) is 0. The second kappa shape index (κ2) is 8.17. The minimum atomic E-state index is -0.530. The quantitative estimate of drug-likeness (QED) is 0.758. The van der Waals surface area contributed by atoms with Crippen LogP contribution in [0.2, 0.25) is 0 Å². The van der Waals surface area contributed by atoms with E-state index in [-0.39, 0.29) is 38.8 Å². The molecule has 2 amide bonds. The Morgan fingerprint density at radius 2 is 1.87 bits per heavy atom. The third-order valence-electron chi connectivity index (χ3n) is 3.41. The zero-order valence-corrected chi connectivity index (χ0v) is 13.1. The number of rotatable bonds is 5. The number of benzene rings is 1. The number of amides is 2. The van der Waals surface area contributed by atoms with Crippen LogP contribution in [-0.4, -0.2) is 60.6 Å². The molecule has 0 spiro atoms. The van der Waals surface area contributed by atoms with Crippen LogP contribution in [0.5, 0.6) is 0 Å². The second-order valence-electron chi connectivity index (χ2n) is 5.08. The topological polar surface area (TPSA) is 76.2 Å². The molecular weight excluding hydrogens is 300 g/mol. The van der Waals surface area contributed by atoms with Crippen LogP contribution in [0.1, 0.15) is 12.5 Å². The smallest absolute Gasteiger partial charge is 0.410 e. The first kappa shape index (κ1) is 16.8. The number of nitrogens with zero attached hydrogens (tertiary/aromatic N) is 2. The molecule has 23 heavy (non-hydrogen) atoms. The lowest BCUT2D eigenvalue weighted by Crippen LogP contribution is -2.53. The molecule has 1 saturated heterocycles. The molecule has 0 bridgehead atoms. The monoisotopic (exact) mass is 320 g/mol. The van der Waals surface area contributed by atoms with E-state index in [4.69, 9.17) is 9.47 Å². The summed E-state index contributed by atoms with van der Waals surface area (Å²) in [7, 11) is 0. The fraction of sp³-hybridized carbons (Fsp3) is 0.438. The van der Waals surface area contributed by atoms with Gasteiger partial charge in [0.25, 0.3) is 0 Å². The minimum Gasteiger partial charge on any atom is -0.465 e. The van der Waals surface area contributed by atoms with E-state index in [1.165, 1.54) is 9.80 Å². The molecule has 2 rings (SSSR count).